The first-order valence-electron chi connectivity index (χ1n) is 10.2. The maximum absolute atomic E-state index is 12.7. The Morgan fingerprint density at radius 2 is 1.48 bits per heavy atom. The number of hydrogen-bond donors (Lipinski definition) is 4. The standard InChI is InChI=1S/C22H27ClF3N5O2/c1-21(2,27)11-13-31(14-12-28-19(32)29-17-9-5-16(23)6-10-17)20(33)30-18-7-3-15(4-8-18)22(24,25)26/h3-10H,11-14,27H2,1-2H3,(H,30,33)(H2,28,29,32). The summed E-state index contributed by atoms with van der Waals surface area (Å²) in [6.45, 7) is 4.23. The van der Waals surface area contributed by atoms with Crippen molar-refractivity contribution < 1.29 is 22.8 Å². The number of halogens is 4. The van der Waals surface area contributed by atoms with Crippen LogP contribution in [0.3, 0.4) is 0 Å². The van der Waals surface area contributed by atoms with Crippen molar-refractivity contribution in [3.8, 4) is 0 Å². The molecular weight excluding hydrogens is 459 g/mol. The summed E-state index contributed by atoms with van der Waals surface area (Å²) in [5, 5.41) is 8.42. The topological polar surface area (TPSA) is 99.5 Å². The number of carbonyl (C=O) groups is 2. The number of rotatable bonds is 8. The van der Waals surface area contributed by atoms with Gasteiger partial charge in [0.25, 0.3) is 0 Å². The molecule has 4 amide bonds. The smallest absolute Gasteiger partial charge is 0.336 e. The van der Waals surface area contributed by atoms with Crippen LogP contribution in [0.5, 0.6) is 0 Å². The van der Waals surface area contributed by atoms with E-state index in [1.54, 1.807) is 24.3 Å². The molecule has 180 valence electrons. The molecule has 7 nitrogen and oxygen atoms in total. The number of nitrogens with zero attached hydrogens (tertiary/aromatic N) is 1. The molecule has 0 atom stereocenters. The highest BCUT2D eigenvalue weighted by Crippen LogP contribution is 2.29. The number of benzene rings is 2. The number of amides is 4. The quantitative estimate of drug-likeness (QED) is 0.416. The molecular formula is C22H27ClF3N5O2. The zero-order valence-electron chi connectivity index (χ0n) is 18.3. The fraction of sp³-hybridized carbons (Fsp3) is 0.364. The monoisotopic (exact) mass is 485 g/mol. The van der Waals surface area contributed by atoms with E-state index in [1.807, 2.05) is 13.8 Å². The van der Waals surface area contributed by atoms with E-state index in [1.165, 1.54) is 17.0 Å². The van der Waals surface area contributed by atoms with Gasteiger partial charge in [0.2, 0.25) is 0 Å². The molecule has 0 unspecified atom stereocenters. The van der Waals surface area contributed by atoms with Crippen molar-refractivity contribution in [3.63, 3.8) is 0 Å². The second-order valence-electron chi connectivity index (χ2n) is 8.12. The van der Waals surface area contributed by atoms with Crippen LogP contribution in [-0.2, 0) is 6.18 Å². The van der Waals surface area contributed by atoms with Crippen molar-refractivity contribution in [2.45, 2.75) is 32.0 Å². The fourth-order valence-corrected chi connectivity index (χ4v) is 2.82. The van der Waals surface area contributed by atoms with Crippen molar-refractivity contribution in [2.24, 2.45) is 5.73 Å². The second kappa shape index (κ2) is 11.2. The molecule has 0 aliphatic carbocycles. The SMILES string of the molecule is CC(C)(N)CCN(CCNC(=O)Nc1ccc(Cl)cc1)C(=O)Nc1ccc(C(F)(F)F)cc1. The van der Waals surface area contributed by atoms with Gasteiger partial charge in [-0.3, -0.25) is 0 Å². The van der Waals surface area contributed by atoms with Gasteiger partial charge in [0, 0.05) is 41.6 Å². The van der Waals surface area contributed by atoms with Crippen LogP contribution in [0.1, 0.15) is 25.8 Å². The van der Waals surface area contributed by atoms with E-state index in [2.05, 4.69) is 16.0 Å². The highest BCUT2D eigenvalue weighted by molar-refractivity contribution is 6.30. The van der Waals surface area contributed by atoms with E-state index in [9.17, 15) is 22.8 Å². The van der Waals surface area contributed by atoms with Gasteiger partial charge in [-0.15, -0.1) is 0 Å². The van der Waals surface area contributed by atoms with Crippen molar-refractivity contribution in [1.82, 2.24) is 10.2 Å². The van der Waals surface area contributed by atoms with Crippen molar-refractivity contribution in [1.29, 1.82) is 0 Å². The zero-order chi connectivity index (χ0) is 24.6. The van der Waals surface area contributed by atoms with E-state index < -0.39 is 29.3 Å². The Morgan fingerprint density at radius 1 is 0.939 bits per heavy atom. The summed E-state index contributed by atoms with van der Waals surface area (Å²) in [4.78, 5) is 26.2. The molecule has 2 aromatic rings. The largest absolute Gasteiger partial charge is 0.416 e. The van der Waals surface area contributed by atoms with Crippen LogP contribution in [0.25, 0.3) is 0 Å². The highest BCUT2D eigenvalue weighted by atomic mass is 35.5. The van der Waals surface area contributed by atoms with Gasteiger partial charge >= 0.3 is 18.2 Å². The molecule has 5 N–H and O–H groups in total. The summed E-state index contributed by atoms with van der Waals surface area (Å²) in [5.41, 5.74) is 5.45. The van der Waals surface area contributed by atoms with Crippen molar-refractivity contribution in [2.75, 3.05) is 30.3 Å². The number of nitrogens with two attached hydrogens (primary N) is 1. The summed E-state index contributed by atoms with van der Waals surface area (Å²) < 4.78 is 38.2. The fourth-order valence-electron chi connectivity index (χ4n) is 2.70. The third-order valence-corrected chi connectivity index (χ3v) is 4.80. The first-order chi connectivity index (χ1) is 15.3. The van der Waals surface area contributed by atoms with Crippen LogP contribution < -0.4 is 21.7 Å². The van der Waals surface area contributed by atoms with Gasteiger partial charge in [0.05, 0.1) is 5.56 Å². The number of anilines is 2. The Kier molecular flexibility index (Phi) is 8.95. The normalized spacial score (nSPS) is 11.6. The minimum Gasteiger partial charge on any atom is -0.336 e. The van der Waals surface area contributed by atoms with Gasteiger partial charge < -0.3 is 26.6 Å². The summed E-state index contributed by atoms with van der Waals surface area (Å²) in [6.07, 6.45) is -3.98. The van der Waals surface area contributed by atoms with Gasteiger partial charge in [-0.05, 0) is 68.8 Å². The highest BCUT2D eigenvalue weighted by Gasteiger charge is 2.30. The summed E-state index contributed by atoms with van der Waals surface area (Å²) in [5.74, 6) is 0. The third kappa shape index (κ3) is 9.58. The number of hydrogen-bond acceptors (Lipinski definition) is 3. The second-order valence-corrected chi connectivity index (χ2v) is 8.56. The number of nitrogens with one attached hydrogen (secondary N) is 3. The van der Waals surface area contributed by atoms with Gasteiger partial charge in [0.15, 0.2) is 0 Å². The number of carbonyl (C=O) groups excluding carboxylic acids is 2. The van der Waals surface area contributed by atoms with Crippen molar-refractivity contribution in [3.05, 3.63) is 59.1 Å². The van der Waals surface area contributed by atoms with Gasteiger partial charge in [-0.2, -0.15) is 13.2 Å². The van der Waals surface area contributed by atoms with Crippen LogP contribution in [0, 0.1) is 0 Å². The van der Waals surface area contributed by atoms with Crippen LogP contribution >= 0.6 is 11.6 Å². The Bertz CT molecular complexity index is 929. The molecule has 2 aromatic carbocycles. The van der Waals surface area contributed by atoms with E-state index >= 15 is 0 Å². The number of urea groups is 2. The molecule has 0 heterocycles. The predicted molar refractivity (Wildman–Crippen MR) is 123 cm³/mol. The molecule has 0 spiro atoms. The Labute approximate surface area is 195 Å². The third-order valence-electron chi connectivity index (χ3n) is 4.55. The average molecular weight is 486 g/mol. The summed E-state index contributed by atoms with van der Waals surface area (Å²) in [6, 6.07) is 9.76. The summed E-state index contributed by atoms with van der Waals surface area (Å²) >= 11 is 5.81. The van der Waals surface area contributed by atoms with Gasteiger partial charge in [0.1, 0.15) is 0 Å². The van der Waals surface area contributed by atoms with Crippen LogP contribution in [-0.4, -0.2) is 42.1 Å². The molecule has 0 aromatic heterocycles. The average Bonchev–Trinajstić information content (AvgIpc) is 2.71. The minimum absolute atomic E-state index is 0.144. The lowest BCUT2D eigenvalue weighted by Gasteiger charge is -2.27. The summed E-state index contributed by atoms with van der Waals surface area (Å²) in [7, 11) is 0. The molecule has 0 aliphatic rings. The molecule has 33 heavy (non-hydrogen) atoms. The first kappa shape index (κ1) is 26.3. The van der Waals surface area contributed by atoms with E-state index in [0.717, 1.165) is 12.1 Å². The molecule has 0 bridgehead atoms. The van der Waals surface area contributed by atoms with E-state index in [4.69, 9.17) is 17.3 Å². The lowest BCUT2D eigenvalue weighted by atomic mass is 10.0. The Hall–Kier alpha value is -2.98. The molecule has 0 fully saturated rings. The maximum Gasteiger partial charge on any atom is 0.416 e. The lowest BCUT2D eigenvalue weighted by Crippen LogP contribution is -2.45. The minimum atomic E-state index is -4.46. The van der Waals surface area contributed by atoms with Crippen LogP contribution in [0.15, 0.2) is 48.5 Å². The first-order valence-corrected chi connectivity index (χ1v) is 10.5. The predicted octanol–water partition coefficient (Wildman–Crippen LogP) is 5.14. The molecule has 11 heteroatoms. The molecule has 0 aliphatic heterocycles. The zero-order valence-corrected chi connectivity index (χ0v) is 19.1. The Balaban J connectivity index is 1.94. The van der Waals surface area contributed by atoms with E-state index in [-0.39, 0.29) is 25.3 Å². The molecule has 0 saturated carbocycles. The number of alkyl halides is 3. The molecule has 2 rings (SSSR count). The van der Waals surface area contributed by atoms with E-state index in [0.29, 0.717) is 17.1 Å². The Morgan fingerprint density at radius 3 is 2.03 bits per heavy atom. The van der Waals surface area contributed by atoms with Gasteiger partial charge in [-0.25, -0.2) is 9.59 Å². The lowest BCUT2D eigenvalue weighted by molar-refractivity contribution is -0.137. The molecule has 0 saturated heterocycles. The van der Waals surface area contributed by atoms with Crippen LogP contribution in [0.4, 0.5) is 34.1 Å². The van der Waals surface area contributed by atoms with Crippen molar-refractivity contribution >= 4 is 35.0 Å². The molecule has 0 radical (unpaired) electrons. The maximum atomic E-state index is 12.7. The van der Waals surface area contributed by atoms with Crippen LogP contribution in [0.2, 0.25) is 5.02 Å². The van der Waals surface area contributed by atoms with Gasteiger partial charge in [-0.1, -0.05) is 11.6 Å².